The molecule has 0 aromatic carbocycles. The van der Waals surface area contributed by atoms with Crippen molar-refractivity contribution in [1.29, 1.82) is 0 Å². The van der Waals surface area contributed by atoms with Gasteiger partial charge in [0.05, 0.1) is 5.75 Å². The van der Waals surface area contributed by atoms with E-state index in [1.807, 2.05) is 0 Å². The molecule has 84 valence electrons. The van der Waals surface area contributed by atoms with Crippen molar-refractivity contribution in [3.63, 3.8) is 0 Å². The van der Waals surface area contributed by atoms with Gasteiger partial charge in [-0.25, -0.2) is 13.1 Å². The minimum absolute atomic E-state index is 0.170. The normalized spacial score (nSPS) is 18.1. The van der Waals surface area contributed by atoms with Crippen LogP contribution < -0.4 is 10.0 Å². The Hall–Kier alpha value is -0.130. The Labute approximate surface area is 86.5 Å². The highest BCUT2D eigenvalue weighted by atomic mass is 32.2. The van der Waals surface area contributed by atoms with Crippen LogP contribution in [-0.4, -0.2) is 33.3 Å². The zero-order chi connectivity index (χ0) is 10.4. The average Bonchev–Trinajstić information content (AvgIpc) is 2.08. The maximum absolute atomic E-state index is 11.0. The zero-order valence-corrected chi connectivity index (χ0v) is 9.57. The van der Waals surface area contributed by atoms with Crippen LogP contribution in [0.3, 0.4) is 0 Å². The lowest BCUT2D eigenvalue weighted by Crippen LogP contribution is -2.37. The lowest BCUT2D eigenvalue weighted by atomic mass is 9.93. The Morgan fingerprint density at radius 1 is 1.29 bits per heavy atom. The summed E-state index contributed by atoms with van der Waals surface area (Å²) >= 11 is 0. The third kappa shape index (κ3) is 4.39. The second-order valence-electron chi connectivity index (χ2n) is 3.73. The Balaban J connectivity index is 1.93. The molecule has 4 nitrogen and oxygen atoms in total. The van der Waals surface area contributed by atoms with Gasteiger partial charge in [0.1, 0.15) is 0 Å². The van der Waals surface area contributed by atoms with E-state index in [4.69, 9.17) is 0 Å². The molecule has 0 heterocycles. The van der Waals surface area contributed by atoms with E-state index in [0.717, 1.165) is 13.0 Å². The molecule has 0 atom stereocenters. The van der Waals surface area contributed by atoms with Crippen molar-refractivity contribution in [2.75, 3.05) is 18.8 Å². The van der Waals surface area contributed by atoms with Gasteiger partial charge in [-0.15, -0.1) is 0 Å². The summed E-state index contributed by atoms with van der Waals surface area (Å²) in [5.74, 6) is 0.170. The van der Waals surface area contributed by atoms with Gasteiger partial charge in [-0.2, -0.15) is 0 Å². The van der Waals surface area contributed by atoms with Crippen LogP contribution in [0.2, 0.25) is 0 Å². The summed E-state index contributed by atoms with van der Waals surface area (Å²) in [6.07, 6.45) is 4.76. The minimum atomic E-state index is -2.99. The summed E-state index contributed by atoms with van der Waals surface area (Å²) in [6.45, 7) is 3.11. The molecular formula is C9H20N2O2S. The van der Waals surface area contributed by atoms with Crippen LogP contribution in [0, 0.1) is 0 Å². The standard InChI is InChI=1S/C9H20N2O2S/c1-2-14(12,13)11-8-4-7-10-9-5-3-6-9/h9-11H,2-8H2,1H3. The van der Waals surface area contributed by atoms with E-state index >= 15 is 0 Å². The zero-order valence-electron chi connectivity index (χ0n) is 8.75. The molecule has 0 spiro atoms. The van der Waals surface area contributed by atoms with E-state index in [0.29, 0.717) is 12.6 Å². The molecule has 0 aromatic heterocycles. The largest absolute Gasteiger partial charge is 0.314 e. The third-order valence-electron chi connectivity index (χ3n) is 2.59. The first kappa shape index (κ1) is 11.9. The number of sulfonamides is 1. The fourth-order valence-corrected chi connectivity index (χ4v) is 2.00. The van der Waals surface area contributed by atoms with Crippen LogP contribution in [0.5, 0.6) is 0 Å². The van der Waals surface area contributed by atoms with Gasteiger partial charge < -0.3 is 5.32 Å². The highest BCUT2D eigenvalue weighted by Crippen LogP contribution is 2.17. The number of hydrogen-bond donors (Lipinski definition) is 2. The minimum Gasteiger partial charge on any atom is -0.314 e. The molecular weight excluding hydrogens is 200 g/mol. The van der Waals surface area contributed by atoms with E-state index < -0.39 is 10.0 Å². The summed E-state index contributed by atoms with van der Waals surface area (Å²) in [6, 6.07) is 0.692. The first-order valence-electron chi connectivity index (χ1n) is 5.35. The summed E-state index contributed by atoms with van der Waals surface area (Å²) in [7, 11) is -2.99. The summed E-state index contributed by atoms with van der Waals surface area (Å²) in [5, 5.41) is 3.39. The average molecular weight is 220 g/mol. The number of nitrogens with one attached hydrogen (secondary N) is 2. The second kappa shape index (κ2) is 5.68. The van der Waals surface area contributed by atoms with E-state index in [2.05, 4.69) is 10.0 Å². The Morgan fingerprint density at radius 2 is 2.00 bits per heavy atom. The molecule has 0 unspecified atom stereocenters. The Bertz CT molecular complexity index is 248. The van der Waals surface area contributed by atoms with E-state index in [1.54, 1.807) is 6.92 Å². The van der Waals surface area contributed by atoms with E-state index in [9.17, 15) is 8.42 Å². The maximum atomic E-state index is 11.0. The third-order valence-corrected chi connectivity index (χ3v) is 4.00. The van der Waals surface area contributed by atoms with Crippen LogP contribution in [0.25, 0.3) is 0 Å². The van der Waals surface area contributed by atoms with Crippen LogP contribution in [-0.2, 0) is 10.0 Å². The molecule has 0 amide bonds. The van der Waals surface area contributed by atoms with Crippen LogP contribution in [0.15, 0.2) is 0 Å². The second-order valence-corrected chi connectivity index (χ2v) is 5.83. The fraction of sp³-hybridized carbons (Fsp3) is 1.00. The smallest absolute Gasteiger partial charge is 0.211 e. The van der Waals surface area contributed by atoms with Crippen molar-refractivity contribution in [3.8, 4) is 0 Å². The molecule has 1 aliphatic carbocycles. The van der Waals surface area contributed by atoms with Crippen molar-refractivity contribution in [2.45, 2.75) is 38.6 Å². The number of rotatable bonds is 7. The molecule has 1 saturated carbocycles. The van der Waals surface area contributed by atoms with Crippen molar-refractivity contribution in [1.82, 2.24) is 10.0 Å². The van der Waals surface area contributed by atoms with Gasteiger partial charge in [0.25, 0.3) is 0 Å². The van der Waals surface area contributed by atoms with Crippen LogP contribution in [0.4, 0.5) is 0 Å². The monoisotopic (exact) mass is 220 g/mol. The van der Waals surface area contributed by atoms with Gasteiger partial charge in [-0.3, -0.25) is 0 Å². The van der Waals surface area contributed by atoms with E-state index in [-0.39, 0.29) is 5.75 Å². The fourth-order valence-electron chi connectivity index (χ4n) is 1.34. The van der Waals surface area contributed by atoms with Gasteiger partial charge in [0.2, 0.25) is 10.0 Å². The molecule has 1 fully saturated rings. The van der Waals surface area contributed by atoms with Crippen molar-refractivity contribution < 1.29 is 8.42 Å². The van der Waals surface area contributed by atoms with Crippen molar-refractivity contribution >= 4 is 10.0 Å². The van der Waals surface area contributed by atoms with Gasteiger partial charge in [-0.05, 0) is 32.7 Å². The summed E-state index contributed by atoms with van der Waals surface area (Å²) < 4.78 is 24.6. The van der Waals surface area contributed by atoms with E-state index in [1.165, 1.54) is 19.3 Å². The lowest BCUT2D eigenvalue weighted by Gasteiger charge is -2.26. The predicted octanol–water partition coefficient (Wildman–Crippen LogP) is 0.458. The van der Waals surface area contributed by atoms with Gasteiger partial charge in [-0.1, -0.05) is 6.42 Å². The molecule has 0 bridgehead atoms. The molecule has 1 aliphatic rings. The highest BCUT2D eigenvalue weighted by molar-refractivity contribution is 7.89. The molecule has 0 saturated heterocycles. The highest BCUT2D eigenvalue weighted by Gasteiger charge is 2.15. The SMILES string of the molecule is CCS(=O)(=O)NCCCNC1CCC1. The first-order chi connectivity index (χ1) is 6.64. The Morgan fingerprint density at radius 3 is 2.50 bits per heavy atom. The van der Waals surface area contributed by atoms with Gasteiger partial charge >= 0.3 is 0 Å². The van der Waals surface area contributed by atoms with Crippen molar-refractivity contribution in [3.05, 3.63) is 0 Å². The number of hydrogen-bond acceptors (Lipinski definition) is 3. The van der Waals surface area contributed by atoms with Crippen molar-refractivity contribution in [2.24, 2.45) is 0 Å². The van der Waals surface area contributed by atoms with Crippen LogP contribution in [0.1, 0.15) is 32.6 Å². The van der Waals surface area contributed by atoms with Gasteiger partial charge in [0, 0.05) is 12.6 Å². The molecule has 2 N–H and O–H groups in total. The topological polar surface area (TPSA) is 58.2 Å². The molecule has 14 heavy (non-hydrogen) atoms. The van der Waals surface area contributed by atoms with Crippen LogP contribution >= 0.6 is 0 Å². The molecule has 0 aromatic rings. The molecule has 1 rings (SSSR count). The summed E-state index contributed by atoms with van der Waals surface area (Å²) in [4.78, 5) is 0. The van der Waals surface area contributed by atoms with Gasteiger partial charge in [0.15, 0.2) is 0 Å². The predicted molar refractivity (Wildman–Crippen MR) is 57.7 cm³/mol. The summed E-state index contributed by atoms with van der Waals surface area (Å²) in [5.41, 5.74) is 0. The lowest BCUT2D eigenvalue weighted by molar-refractivity contribution is 0.339. The maximum Gasteiger partial charge on any atom is 0.211 e. The molecule has 0 aliphatic heterocycles. The quantitative estimate of drug-likeness (QED) is 0.613. The molecule has 5 heteroatoms. The molecule has 0 radical (unpaired) electrons. The first-order valence-corrected chi connectivity index (χ1v) is 7.00. The Kier molecular flexibility index (Phi) is 4.84.